The van der Waals surface area contributed by atoms with E-state index in [0.717, 1.165) is 40.8 Å². The molecule has 0 spiro atoms. The molecule has 0 atom stereocenters. The third kappa shape index (κ3) is 3.92. The summed E-state index contributed by atoms with van der Waals surface area (Å²) in [6.45, 7) is 2.19. The van der Waals surface area contributed by atoms with Crippen molar-refractivity contribution in [2.24, 2.45) is 0 Å². The van der Waals surface area contributed by atoms with E-state index in [1.165, 1.54) is 20.2 Å². The first-order valence-electron chi connectivity index (χ1n) is 8.51. The third-order valence-electron chi connectivity index (χ3n) is 4.44. The quantitative estimate of drug-likeness (QED) is 0.819. The normalized spacial score (nSPS) is 14.8. The fourth-order valence-electron chi connectivity index (χ4n) is 2.98. The van der Waals surface area contributed by atoms with Crippen LogP contribution in [0, 0.1) is 0 Å². The number of hydrogen-bond acceptors (Lipinski definition) is 5. The van der Waals surface area contributed by atoms with Gasteiger partial charge in [-0.25, -0.2) is 12.7 Å². The van der Waals surface area contributed by atoms with Crippen molar-refractivity contribution in [2.45, 2.75) is 24.3 Å². The molecular weight excluding hydrogens is 370 g/mol. The number of carbonyl (C=O) groups is 1. The highest BCUT2D eigenvalue weighted by Gasteiger charge is 2.24. The minimum Gasteiger partial charge on any atom is -0.371 e. The Hall–Kier alpha value is -1.90. The number of thiophene rings is 1. The predicted molar refractivity (Wildman–Crippen MR) is 104 cm³/mol. The summed E-state index contributed by atoms with van der Waals surface area (Å²) in [6.07, 6.45) is 2.15. The van der Waals surface area contributed by atoms with E-state index in [4.69, 9.17) is 0 Å². The minimum absolute atomic E-state index is 0.131. The van der Waals surface area contributed by atoms with Gasteiger partial charge in [0, 0.05) is 37.7 Å². The maximum atomic E-state index is 12.8. The lowest BCUT2D eigenvalue weighted by Gasteiger charge is -2.22. The molecule has 140 valence electrons. The number of benzene rings is 1. The van der Waals surface area contributed by atoms with Gasteiger partial charge in [-0.1, -0.05) is 6.07 Å². The predicted octanol–water partition coefficient (Wildman–Crippen LogP) is 2.53. The molecule has 1 aromatic carbocycles. The standard InChI is InChI=1S/C18H23N3O3S2/c1-20(2)26(23,24)15-7-8-17(21-9-3-4-10-21)16(12-15)18(22)19-13-14-6-5-11-25-14/h5-8,11-12H,3-4,9-10,13H2,1-2H3,(H,19,22). The van der Waals surface area contributed by atoms with E-state index in [2.05, 4.69) is 10.2 Å². The largest absolute Gasteiger partial charge is 0.371 e. The maximum absolute atomic E-state index is 12.8. The minimum atomic E-state index is -3.59. The summed E-state index contributed by atoms with van der Waals surface area (Å²) < 4.78 is 26.1. The number of carbonyl (C=O) groups excluding carboxylic acids is 1. The van der Waals surface area contributed by atoms with Gasteiger partial charge in [-0.05, 0) is 42.5 Å². The molecule has 3 rings (SSSR count). The molecule has 0 radical (unpaired) electrons. The van der Waals surface area contributed by atoms with E-state index in [0.29, 0.717) is 12.1 Å². The van der Waals surface area contributed by atoms with E-state index in [-0.39, 0.29) is 10.8 Å². The van der Waals surface area contributed by atoms with Crippen LogP contribution in [-0.4, -0.2) is 45.8 Å². The molecular formula is C18H23N3O3S2. The second kappa shape index (κ2) is 7.77. The summed E-state index contributed by atoms with van der Waals surface area (Å²) in [5.74, 6) is -0.254. The molecule has 2 aromatic rings. The van der Waals surface area contributed by atoms with Gasteiger partial charge >= 0.3 is 0 Å². The maximum Gasteiger partial charge on any atom is 0.253 e. The molecule has 1 aliphatic rings. The Balaban J connectivity index is 1.93. The number of nitrogens with one attached hydrogen (secondary N) is 1. The zero-order chi connectivity index (χ0) is 18.7. The Morgan fingerprint density at radius 1 is 1.23 bits per heavy atom. The van der Waals surface area contributed by atoms with Crippen LogP contribution in [0.5, 0.6) is 0 Å². The Kier molecular flexibility index (Phi) is 5.64. The Labute approximate surface area is 158 Å². The van der Waals surface area contributed by atoms with Crippen LogP contribution in [0.2, 0.25) is 0 Å². The second-order valence-electron chi connectivity index (χ2n) is 6.42. The topological polar surface area (TPSA) is 69.7 Å². The highest BCUT2D eigenvalue weighted by atomic mass is 32.2. The van der Waals surface area contributed by atoms with Gasteiger partial charge in [0.15, 0.2) is 0 Å². The Morgan fingerprint density at radius 2 is 1.96 bits per heavy atom. The van der Waals surface area contributed by atoms with Crippen LogP contribution in [0.4, 0.5) is 5.69 Å². The number of nitrogens with zero attached hydrogens (tertiary/aromatic N) is 2. The van der Waals surface area contributed by atoms with Crippen LogP contribution in [0.1, 0.15) is 28.1 Å². The van der Waals surface area contributed by atoms with Gasteiger partial charge in [0.1, 0.15) is 0 Å². The molecule has 8 heteroatoms. The van der Waals surface area contributed by atoms with Crippen LogP contribution in [0.25, 0.3) is 0 Å². The number of amides is 1. The summed E-state index contributed by atoms with van der Waals surface area (Å²) >= 11 is 1.57. The summed E-state index contributed by atoms with van der Waals surface area (Å²) in [4.78, 5) is 16.2. The van der Waals surface area contributed by atoms with Crippen LogP contribution in [0.15, 0.2) is 40.6 Å². The summed E-state index contributed by atoms with van der Waals surface area (Å²) in [5, 5.41) is 4.87. The molecule has 0 saturated carbocycles. The number of rotatable bonds is 6. The molecule has 0 unspecified atom stereocenters. The van der Waals surface area contributed by atoms with Crippen molar-refractivity contribution in [3.8, 4) is 0 Å². The van der Waals surface area contributed by atoms with Crippen molar-refractivity contribution in [1.29, 1.82) is 0 Å². The van der Waals surface area contributed by atoms with E-state index in [1.807, 2.05) is 17.5 Å². The zero-order valence-electron chi connectivity index (χ0n) is 14.9. The second-order valence-corrected chi connectivity index (χ2v) is 9.61. The summed E-state index contributed by atoms with van der Waals surface area (Å²) in [7, 11) is -0.622. The van der Waals surface area contributed by atoms with Gasteiger partial charge < -0.3 is 10.2 Å². The summed E-state index contributed by atoms with van der Waals surface area (Å²) in [5.41, 5.74) is 1.20. The third-order valence-corrected chi connectivity index (χ3v) is 7.13. The molecule has 1 aliphatic heterocycles. The Bertz CT molecular complexity index is 871. The number of hydrogen-bond donors (Lipinski definition) is 1. The van der Waals surface area contributed by atoms with Crippen molar-refractivity contribution in [3.63, 3.8) is 0 Å². The molecule has 1 saturated heterocycles. The molecule has 1 amide bonds. The van der Waals surface area contributed by atoms with Gasteiger partial charge in [-0.2, -0.15) is 0 Å². The molecule has 1 N–H and O–H groups in total. The fourth-order valence-corrected chi connectivity index (χ4v) is 4.55. The summed E-state index contributed by atoms with van der Waals surface area (Å²) in [6, 6.07) is 8.72. The molecule has 1 aromatic heterocycles. The zero-order valence-corrected chi connectivity index (χ0v) is 16.6. The van der Waals surface area contributed by atoms with E-state index >= 15 is 0 Å². The van der Waals surface area contributed by atoms with Gasteiger partial charge in [-0.15, -0.1) is 11.3 Å². The number of anilines is 1. The highest BCUT2D eigenvalue weighted by molar-refractivity contribution is 7.89. The molecule has 2 heterocycles. The van der Waals surface area contributed by atoms with Crippen LogP contribution in [0.3, 0.4) is 0 Å². The van der Waals surface area contributed by atoms with Crippen LogP contribution in [-0.2, 0) is 16.6 Å². The van der Waals surface area contributed by atoms with Crippen molar-refractivity contribution < 1.29 is 13.2 Å². The first-order valence-corrected chi connectivity index (χ1v) is 10.8. The van der Waals surface area contributed by atoms with Gasteiger partial charge in [0.05, 0.1) is 17.0 Å². The van der Waals surface area contributed by atoms with E-state index < -0.39 is 10.0 Å². The average molecular weight is 394 g/mol. The Morgan fingerprint density at radius 3 is 2.58 bits per heavy atom. The van der Waals surface area contributed by atoms with Gasteiger partial charge in [-0.3, -0.25) is 4.79 Å². The van der Waals surface area contributed by atoms with Crippen molar-refractivity contribution in [2.75, 3.05) is 32.1 Å². The van der Waals surface area contributed by atoms with E-state index in [1.54, 1.807) is 23.5 Å². The SMILES string of the molecule is CN(C)S(=O)(=O)c1ccc(N2CCCC2)c(C(=O)NCc2cccs2)c1. The first-order chi connectivity index (χ1) is 12.4. The van der Waals surface area contributed by atoms with E-state index in [9.17, 15) is 13.2 Å². The van der Waals surface area contributed by atoms with Crippen molar-refractivity contribution in [1.82, 2.24) is 9.62 Å². The van der Waals surface area contributed by atoms with Gasteiger partial charge in [0.25, 0.3) is 5.91 Å². The van der Waals surface area contributed by atoms with Gasteiger partial charge in [0.2, 0.25) is 10.0 Å². The molecule has 6 nitrogen and oxygen atoms in total. The lowest BCUT2D eigenvalue weighted by atomic mass is 10.1. The first kappa shape index (κ1) is 18.9. The molecule has 0 aliphatic carbocycles. The van der Waals surface area contributed by atoms with Crippen molar-refractivity contribution in [3.05, 3.63) is 46.2 Å². The molecule has 0 bridgehead atoms. The average Bonchev–Trinajstić information content (AvgIpc) is 3.32. The number of sulfonamides is 1. The lowest BCUT2D eigenvalue weighted by molar-refractivity contribution is 0.0951. The molecule has 1 fully saturated rings. The van der Waals surface area contributed by atoms with Crippen molar-refractivity contribution >= 4 is 33.0 Å². The van der Waals surface area contributed by atoms with Crippen LogP contribution < -0.4 is 10.2 Å². The lowest BCUT2D eigenvalue weighted by Crippen LogP contribution is -2.28. The fraction of sp³-hybridized carbons (Fsp3) is 0.389. The monoisotopic (exact) mass is 393 g/mol. The van der Waals surface area contributed by atoms with Crippen LogP contribution >= 0.6 is 11.3 Å². The highest BCUT2D eigenvalue weighted by Crippen LogP contribution is 2.28. The molecule has 26 heavy (non-hydrogen) atoms. The smallest absolute Gasteiger partial charge is 0.253 e.